The van der Waals surface area contributed by atoms with Gasteiger partial charge in [0.15, 0.2) is 0 Å². The molecule has 0 fully saturated rings. The lowest BCUT2D eigenvalue weighted by Crippen LogP contribution is -1.90. The van der Waals surface area contributed by atoms with E-state index in [0.717, 1.165) is 11.4 Å². The van der Waals surface area contributed by atoms with E-state index in [1.165, 1.54) is 22.3 Å². The molecule has 0 aliphatic rings. The van der Waals surface area contributed by atoms with Crippen molar-refractivity contribution in [3.05, 3.63) is 83.9 Å². The van der Waals surface area contributed by atoms with Gasteiger partial charge in [0, 0.05) is 11.4 Å². The fourth-order valence-corrected chi connectivity index (χ4v) is 2.38. The molecule has 1 heteroatoms. The summed E-state index contributed by atoms with van der Waals surface area (Å²) in [5, 5.41) is 3.43. The first kappa shape index (κ1) is 13.4. The summed E-state index contributed by atoms with van der Waals surface area (Å²) in [6.07, 6.45) is 0. The van der Waals surface area contributed by atoms with Crippen molar-refractivity contribution in [3.63, 3.8) is 0 Å². The molecule has 0 unspecified atom stereocenters. The molecule has 0 bridgehead atoms. The second kappa shape index (κ2) is 5.84. The van der Waals surface area contributed by atoms with E-state index >= 15 is 0 Å². The minimum atomic E-state index is 1.11. The maximum Gasteiger partial charge on any atom is 0.0386 e. The van der Waals surface area contributed by atoms with E-state index in [-0.39, 0.29) is 0 Å². The van der Waals surface area contributed by atoms with Crippen molar-refractivity contribution >= 4 is 11.4 Å². The summed E-state index contributed by atoms with van der Waals surface area (Å²) in [4.78, 5) is 0. The van der Waals surface area contributed by atoms with Gasteiger partial charge in [-0.25, -0.2) is 0 Å². The van der Waals surface area contributed by atoms with Crippen LogP contribution in [0.2, 0.25) is 0 Å². The van der Waals surface area contributed by atoms with E-state index in [0.29, 0.717) is 0 Å². The quantitative estimate of drug-likeness (QED) is 0.644. The first-order valence-electron chi connectivity index (χ1n) is 7.21. The molecule has 0 heterocycles. The maximum absolute atomic E-state index is 3.43. The topological polar surface area (TPSA) is 12.0 Å². The van der Waals surface area contributed by atoms with Crippen LogP contribution in [0.15, 0.2) is 72.8 Å². The van der Waals surface area contributed by atoms with Crippen LogP contribution in [0.3, 0.4) is 0 Å². The predicted molar refractivity (Wildman–Crippen MR) is 91.1 cm³/mol. The molecule has 3 rings (SSSR count). The average molecular weight is 273 g/mol. The van der Waals surface area contributed by atoms with E-state index in [1.807, 2.05) is 0 Å². The van der Waals surface area contributed by atoms with Crippen molar-refractivity contribution in [2.45, 2.75) is 13.8 Å². The fourth-order valence-electron chi connectivity index (χ4n) is 2.38. The molecule has 0 spiro atoms. The van der Waals surface area contributed by atoms with Gasteiger partial charge >= 0.3 is 0 Å². The first-order valence-corrected chi connectivity index (χ1v) is 7.21. The van der Waals surface area contributed by atoms with E-state index in [4.69, 9.17) is 0 Å². The molecular formula is C20H19N. The number of hydrogen-bond acceptors (Lipinski definition) is 1. The van der Waals surface area contributed by atoms with E-state index < -0.39 is 0 Å². The van der Waals surface area contributed by atoms with Crippen LogP contribution in [0.4, 0.5) is 11.4 Å². The van der Waals surface area contributed by atoms with Crippen LogP contribution in [-0.4, -0.2) is 0 Å². The van der Waals surface area contributed by atoms with Crippen LogP contribution in [-0.2, 0) is 0 Å². The molecule has 0 atom stereocenters. The van der Waals surface area contributed by atoms with Gasteiger partial charge in [0.2, 0.25) is 0 Å². The Morgan fingerprint density at radius 1 is 0.571 bits per heavy atom. The minimum Gasteiger partial charge on any atom is -0.356 e. The van der Waals surface area contributed by atoms with Crippen LogP contribution >= 0.6 is 0 Å². The smallest absolute Gasteiger partial charge is 0.0386 e. The van der Waals surface area contributed by atoms with Crippen molar-refractivity contribution in [3.8, 4) is 11.1 Å². The third kappa shape index (κ3) is 3.32. The summed E-state index contributed by atoms with van der Waals surface area (Å²) in [6.45, 7) is 4.21. The van der Waals surface area contributed by atoms with Crippen molar-refractivity contribution in [1.29, 1.82) is 0 Å². The number of nitrogens with one attached hydrogen (secondary N) is 1. The van der Waals surface area contributed by atoms with Gasteiger partial charge in [0.05, 0.1) is 0 Å². The van der Waals surface area contributed by atoms with Crippen molar-refractivity contribution in [2.75, 3.05) is 5.32 Å². The summed E-state index contributed by atoms with van der Waals surface area (Å²) in [5.74, 6) is 0. The summed E-state index contributed by atoms with van der Waals surface area (Å²) >= 11 is 0. The number of aryl methyl sites for hydroxylation is 2. The Morgan fingerprint density at radius 2 is 1.19 bits per heavy atom. The van der Waals surface area contributed by atoms with Crippen LogP contribution < -0.4 is 5.32 Å². The highest BCUT2D eigenvalue weighted by atomic mass is 14.9. The van der Waals surface area contributed by atoms with Gasteiger partial charge in [-0.1, -0.05) is 54.1 Å². The monoisotopic (exact) mass is 273 g/mol. The van der Waals surface area contributed by atoms with Gasteiger partial charge in [-0.2, -0.15) is 0 Å². The second-order valence-corrected chi connectivity index (χ2v) is 5.44. The van der Waals surface area contributed by atoms with Crippen LogP contribution in [0, 0.1) is 13.8 Å². The average Bonchev–Trinajstić information content (AvgIpc) is 2.49. The van der Waals surface area contributed by atoms with Crippen molar-refractivity contribution in [2.24, 2.45) is 0 Å². The Labute approximate surface area is 126 Å². The number of benzene rings is 3. The molecule has 1 N–H and O–H groups in total. The SMILES string of the molecule is Cc1ccc(-c2ccc(Nc3cccc(C)c3)cc2)cc1. The molecule has 104 valence electrons. The lowest BCUT2D eigenvalue weighted by Gasteiger charge is -2.08. The first-order chi connectivity index (χ1) is 10.2. The lowest BCUT2D eigenvalue weighted by atomic mass is 10.0. The molecule has 3 aromatic rings. The summed E-state index contributed by atoms with van der Waals surface area (Å²) in [6, 6.07) is 25.6. The summed E-state index contributed by atoms with van der Waals surface area (Å²) in [7, 11) is 0. The molecule has 0 saturated carbocycles. The molecule has 3 aromatic carbocycles. The highest BCUT2D eigenvalue weighted by Gasteiger charge is 1.99. The summed E-state index contributed by atoms with van der Waals surface area (Å²) < 4.78 is 0. The molecule has 21 heavy (non-hydrogen) atoms. The highest BCUT2D eigenvalue weighted by molar-refractivity contribution is 5.68. The Balaban J connectivity index is 1.79. The Hall–Kier alpha value is -2.54. The molecule has 1 nitrogen and oxygen atoms in total. The lowest BCUT2D eigenvalue weighted by molar-refractivity contribution is 1.45. The minimum absolute atomic E-state index is 1.11. The molecule has 0 aliphatic carbocycles. The molecule has 0 amide bonds. The fraction of sp³-hybridized carbons (Fsp3) is 0.100. The van der Waals surface area contributed by atoms with E-state index in [9.17, 15) is 0 Å². The Bertz CT molecular complexity index is 725. The third-order valence-electron chi connectivity index (χ3n) is 3.58. The number of rotatable bonds is 3. The van der Waals surface area contributed by atoms with Gasteiger partial charge in [0.25, 0.3) is 0 Å². The maximum atomic E-state index is 3.43. The van der Waals surface area contributed by atoms with Gasteiger partial charge in [-0.15, -0.1) is 0 Å². The number of hydrogen-bond donors (Lipinski definition) is 1. The van der Waals surface area contributed by atoms with Gasteiger partial charge in [-0.05, 0) is 54.8 Å². The Kier molecular flexibility index (Phi) is 3.74. The van der Waals surface area contributed by atoms with Crippen molar-refractivity contribution < 1.29 is 0 Å². The predicted octanol–water partition coefficient (Wildman–Crippen LogP) is 5.71. The molecule has 0 radical (unpaired) electrons. The van der Waals surface area contributed by atoms with Crippen LogP contribution in [0.5, 0.6) is 0 Å². The van der Waals surface area contributed by atoms with Gasteiger partial charge < -0.3 is 5.32 Å². The molecule has 0 aliphatic heterocycles. The molecule has 0 aromatic heterocycles. The molecule has 0 saturated heterocycles. The zero-order valence-electron chi connectivity index (χ0n) is 12.4. The summed E-state index contributed by atoms with van der Waals surface area (Å²) in [5.41, 5.74) is 7.27. The van der Waals surface area contributed by atoms with Gasteiger partial charge in [0.1, 0.15) is 0 Å². The van der Waals surface area contributed by atoms with Gasteiger partial charge in [-0.3, -0.25) is 0 Å². The third-order valence-corrected chi connectivity index (χ3v) is 3.58. The van der Waals surface area contributed by atoms with E-state index in [1.54, 1.807) is 0 Å². The van der Waals surface area contributed by atoms with Crippen LogP contribution in [0.25, 0.3) is 11.1 Å². The van der Waals surface area contributed by atoms with Crippen LogP contribution in [0.1, 0.15) is 11.1 Å². The largest absolute Gasteiger partial charge is 0.356 e. The van der Waals surface area contributed by atoms with E-state index in [2.05, 4.69) is 92.0 Å². The zero-order chi connectivity index (χ0) is 14.7. The highest BCUT2D eigenvalue weighted by Crippen LogP contribution is 2.23. The van der Waals surface area contributed by atoms with Crippen molar-refractivity contribution in [1.82, 2.24) is 0 Å². The standard InChI is InChI=1S/C20H19N/c1-15-6-8-17(9-7-15)18-10-12-19(13-11-18)21-20-5-3-4-16(2)14-20/h3-14,21H,1-2H3. The normalized spacial score (nSPS) is 10.4. The second-order valence-electron chi connectivity index (χ2n) is 5.44. The molecular weight excluding hydrogens is 254 g/mol. The zero-order valence-corrected chi connectivity index (χ0v) is 12.4. The Morgan fingerprint density at radius 3 is 1.81 bits per heavy atom. The number of anilines is 2.